The van der Waals surface area contributed by atoms with Crippen molar-refractivity contribution in [3.63, 3.8) is 0 Å². The first-order chi connectivity index (χ1) is 16.7. The number of benzene rings is 2. The zero-order valence-corrected chi connectivity index (χ0v) is 21.2. The summed E-state index contributed by atoms with van der Waals surface area (Å²) in [6.45, 7) is 8.30. The van der Waals surface area contributed by atoms with Gasteiger partial charge in [-0.15, -0.1) is 0 Å². The van der Waals surface area contributed by atoms with E-state index < -0.39 is 21.6 Å². The van der Waals surface area contributed by atoms with E-state index in [0.717, 1.165) is 17.7 Å². The molecule has 8 nitrogen and oxygen atoms in total. The number of amides is 1. The summed E-state index contributed by atoms with van der Waals surface area (Å²) in [4.78, 5) is 27.9. The molecule has 2 aromatic carbocycles. The second-order valence-electron chi connectivity index (χ2n) is 8.62. The van der Waals surface area contributed by atoms with Crippen LogP contribution in [0.3, 0.4) is 0 Å². The first-order valence-electron chi connectivity index (χ1n) is 11.8. The van der Waals surface area contributed by atoms with E-state index in [1.54, 1.807) is 56.9 Å². The molecule has 0 spiro atoms. The molecule has 0 bridgehead atoms. The van der Waals surface area contributed by atoms with Crippen LogP contribution in [-0.4, -0.2) is 48.0 Å². The van der Waals surface area contributed by atoms with Crippen molar-refractivity contribution in [2.24, 2.45) is 0 Å². The first kappa shape index (κ1) is 24.8. The van der Waals surface area contributed by atoms with Crippen molar-refractivity contribution < 1.29 is 13.2 Å². The molecular formula is C26H30N4O4S. The van der Waals surface area contributed by atoms with Crippen molar-refractivity contribution in [3.05, 3.63) is 76.1 Å². The number of carbonyl (C=O) groups excluding carboxylic acids is 1. The van der Waals surface area contributed by atoms with Crippen molar-refractivity contribution in [1.82, 2.24) is 14.1 Å². The van der Waals surface area contributed by atoms with Crippen molar-refractivity contribution in [2.45, 2.75) is 45.1 Å². The summed E-state index contributed by atoms with van der Waals surface area (Å²) in [5.41, 5.74) is 3.17. The fourth-order valence-corrected chi connectivity index (χ4v) is 6.20. The van der Waals surface area contributed by atoms with Gasteiger partial charge >= 0.3 is 0 Å². The first-order valence-corrected chi connectivity index (χ1v) is 13.2. The van der Waals surface area contributed by atoms with Gasteiger partial charge in [-0.3, -0.25) is 9.59 Å². The van der Waals surface area contributed by atoms with Gasteiger partial charge in [0.1, 0.15) is 6.04 Å². The van der Waals surface area contributed by atoms with Crippen LogP contribution in [0.5, 0.6) is 0 Å². The van der Waals surface area contributed by atoms with Crippen LogP contribution in [0.25, 0.3) is 11.3 Å². The Labute approximate surface area is 205 Å². The highest BCUT2D eigenvalue weighted by Gasteiger charge is 2.30. The van der Waals surface area contributed by atoms with Gasteiger partial charge in [0.25, 0.3) is 11.5 Å². The highest BCUT2D eigenvalue weighted by molar-refractivity contribution is 7.89. The highest BCUT2D eigenvalue weighted by atomic mass is 32.2. The van der Waals surface area contributed by atoms with Crippen LogP contribution in [0, 0.1) is 6.92 Å². The van der Waals surface area contributed by atoms with Crippen molar-refractivity contribution in [2.75, 3.05) is 24.5 Å². The number of hydrogen-bond acceptors (Lipinski definition) is 5. The lowest BCUT2D eigenvalue weighted by molar-refractivity contribution is -0.121. The standard InChI is InChI=1S/C26H30N4O4S/c1-5-28(6-2)35(33,34)24-17-21(12-11-18(24)3)22-13-14-25(31)30(27-22)19(4)26(32)29-16-15-20-9-7-8-10-23(20)29/h7-14,17,19H,5-6,15-16H2,1-4H3. The zero-order valence-electron chi connectivity index (χ0n) is 20.4. The third kappa shape index (κ3) is 4.53. The van der Waals surface area contributed by atoms with Crippen molar-refractivity contribution in [1.29, 1.82) is 0 Å². The Hall–Kier alpha value is -3.30. The molecule has 0 saturated carbocycles. The fourth-order valence-electron chi connectivity index (χ4n) is 4.49. The van der Waals surface area contributed by atoms with E-state index in [1.807, 2.05) is 24.3 Å². The molecule has 4 rings (SSSR count). The summed E-state index contributed by atoms with van der Waals surface area (Å²) < 4.78 is 28.9. The maximum absolute atomic E-state index is 13.3. The molecule has 35 heavy (non-hydrogen) atoms. The van der Waals surface area contributed by atoms with Crippen LogP contribution in [0.4, 0.5) is 5.69 Å². The molecule has 3 aromatic rings. The maximum Gasteiger partial charge on any atom is 0.267 e. The number of para-hydroxylation sites is 1. The Kier molecular flexibility index (Phi) is 6.91. The smallest absolute Gasteiger partial charge is 0.267 e. The maximum atomic E-state index is 13.3. The van der Waals surface area contributed by atoms with E-state index in [9.17, 15) is 18.0 Å². The van der Waals surface area contributed by atoms with Gasteiger partial charge in [0, 0.05) is 37.0 Å². The van der Waals surface area contributed by atoms with Gasteiger partial charge in [0.15, 0.2) is 0 Å². The second kappa shape index (κ2) is 9.75. The number of aromatic nitrogens is 2. The van der Waals surface area contributed by atoms with E-state index in [4.69, 9.17) is 0 Å². The van der Waals surface area contributed by atoms with Crippen molar-refractivity contribution >= 4 is 21.6 Å². The molecule has 1 aliphatic rings. The lowest BCUT2D eigenvalue weighted by Crippen LogP contribution is -2.39. The minimum Gasteiger partial charge on any atom is -0.310 e. The molecule has 2 heterocycles. The number of anilines is 1. The molecule has 0 radical (unpaired) electrons. The summed E-state index contributed by atoms with van der Waals surface area (Å²) in [5.74, 6) is -0.213. The topological polar surface area (TPSA) is 92.6 Å². The number of nitrogens with zero attached hydrogens (tertiary/aromatic N) is 4. The van der Waals surface area contributed by atoms with Gasteiger partial charge in [0.2, 0.25) is 10.0 Å². The monoisotopic (exact) mass is 494 g/mol. The highest BCUT2D eigenvalue weighted by Crippen LogP contribution is 2.30. The third-order valence-corrected chi connectivity index (χ3v) is 8.70. The molecule has 184 valence electrons. The van der Waals surface area contributed by atoms with Gasteiger partial charge in [-0.05, 0) is 49.6 Å². The van der Waals surface area contributed by atoms with Crippen LogP contribution in [0.1, 0.15) is 37.9 Å². The summed E-state index contributed by atoms with van der Waals surface area (Å²) >= 11 is 0. The van der Waals surface area contributed by atoms with Crippen LogP contribution in [0.15, 0.2) is 64.3 Å². The zero-order chi connectivity index (χ0) is 25.3. The molecule has 0 aliphatic carbocycles. The van der Waals surface area contributed by atoms with E-state index in [1.165, 1.54) is 15.1 Å². The Morgan fingerprint density at radius 3 is 2.51 bits per heavy atom. The molecule has 1 unspecified atom stereocenters. The predicted molar refractivity (Wildman–Crippen MR) is 136 cm³/mol. The third-order valence-electron chi connectivity index (χ3n) is 6.51. The van der Waals surface area contributed by atoms with Crippen LogP contribution < -0.4 is 10.5 Å². The van der Waals surface area contributed by atoms with Gasteiger partial charge < -0.3 is 4.90 Å². The van der Waals surface area contributed by atoms with Gasteiger partial charge in [-0.1, -0.05) is 44.2 Å². The summed E-state index contributed by atoms with van der Waals surface area (Å²) in [5, 5.41) is 4.48. The molecule has 1 aromatic heterocycles. The molecule has 9 heteroatoms. The molecule has 0 N–H and O–H groups in total. The summed E-state index contributed by atoms with van der Waals surface area (Å²) in [7, 11) is -3.67. The molecule has 0 saturated heterocycles. The van der Waals surface area contributed by atoms with Crippen LogP contribution >= 0.6 is 0 Å². The molecular weight excluding hydrogens is 464 g/mol. The number of sulfonamides is 1. The van der Waals surface area contributed by atoms with Crippen LogP contribution in [-0.2, 0) is 21.2 Å². The largest absolute Gasteiger partial charge is 0.310 e. The Morgan fingerprint density at radius 2 is 1.80 bits per heavy atom. The average Bonchev–Trinajstić information content (AvgIpc) is 3.28. The Bertz CT molecular complexity index is 1430. The van der Waals surface area contributed by atoms with Gasteiger partial charge in [0.05, 0.1) is 10.6 Å². The SMILES string of the molecule is CCN(CC)S(=O)(=O)c1cc(-c2ccc(=O)n(C(C)C(=O)N3CCc4ccccc43)n2)ccc1C. The normalized spacial score (nSPS) is 14.3. The number of aryl methyl sites for hydroxylation is 1. The molecule has 0 fully saturated rings. The van der Waals surface area contributed by atoms with E-state index in [2.05, 4.69) is 5.10 Å². The van der Waals surface area contributed by atoms with Gasteiger partial charge in [-0.2, -0.15) is 9.40 Å². The molecule has 1 amide bonds. The summed E-state index contributed by atoms with van der Waals surface area (Å²) in [6, 6.07) is 14.9. The lowest BCUT2D eigenvalue weighted by Gasteiger charge is -2.23. The number of hydrogen-bond donors (Lipinski definition) is 0. The molecule has 1 atom stereocenters. The quantitative estimate of drug-likeness (QED) is 0.502. The minimum absolute atomic E-state index is 0.205. The number of fused-ring (bicyclic) bond motifs is 1. The lowest BCUT2D eigenvalue weighted by atomic mass is 10.1. The van der Waals surface area contributed by atoms with Gasteiger partial charge in [-0.25, -0.2) is 13.1 Å². The predicted octanol–water partition coefficient (Wildman–Crippen LogP) is 3.40. The van der Waals surface area contributed by atoms with Crippen molar-refractivity contribution in [3.8, 4) is 11.3 Å². The number of carbonyl (C=O) groups is 1. The van der Waals surface area contributed by atoms with E-state index >= 15 is 0 Å². The summed E-state index contributed by atoms with van der Waals surface area (Å²) in [6.07, 6.45) is 0.768. The fraction of sp³-hybridized carbons (Fsp3) is 0.346. The van der Waals surface area contributed by atoms with E-state index in [0.29, 0.717) is 36.5 Å². The van der Waals surface area contributed by atoms with Crippen LogP contribution in [0.2, 0.25) is 0 Å². The Morgan fingerprint density at radius 1 is 1.09 bits per heavy atom. The number of rotatable bonds is 7. The molecule has 1 aliphatic heterocycles. The van der Waals surface area contributed by atoms with E-state index in [-0.39, 0.29) is 10.8 Å². The Balaban J connectivity index is 1.70. The minimum atomic E-state index is -3.67. The second-order valence-corrected chi connectivity index (χ2v) is 10.5. The average molecular weight is 495 g/mol.